The quantitative estimate of drug-likeness (QED) is 0.646. The van der Waals surface area contributed by atoms with Crippen LogP contribution in [-0.4, -0.2) is 41.4 Å². The standard InChI is InChI=1S/C18H18N4O5S/c1-22-6-5-10-3-4-11(7-12(10)16(22)24)13-9-28-18(20-13)21-15(23)14(8-26-2)27-17(19)25/h3-7,9,14H,8H2,1-2H3,(H2,19,25)(H,20,21,23). The number of primary amides is 1. The summed E-state index contributed by atoms with van der Waals surface area (Å²) in [5.41, 5.74) is 6.21. The zero-order chi connectivity index (χ0) is 20.3. The Morgan fingerprint density at radius 1 is 1.36 bits per heavy atom. The fraction of sp³-hybridized carbons (Fsp3) is 0.222. The van der Waals surface area contributed by atoms with Crippen LogP contribution in [0.3, 0.4) is 0 Å². The maximum absolute atomic E-state index is 12.3. The molecule has 0 aliphatic rings. The van der Waals surface area contributed by atoms with Crippen LogP contribution in [0.15, 0.2) is 40.6 Å². The second-order valence-electron chi connectivity index (χ2n) is 5.94. The van der Waals surface area contributed by atoms with Crippen molar-refractivity contribution >= 4 is 39.2 Å². The molecule has 2 amide bonds. The summed E-state index contributed by atoms with van der Waals surface area (Å²) < 4.78 is 11.1. The van der Waals surface area contributed by atoms with E-state index < -0.39 is 18.1 Å². The number of amides is 2. The first-order chi connectivity index (χ1) is 13.4. The van der Waals surface area contributed by atoms with Gasteiger partial charge in [-0.1, -0.05) is 12.1 Å². The minimum Gasteiger partial charge on any atom is -0.434 e. The highest BCUT2D eigenvalue weighted by molar-refractivity contribution is 7.14. The molecule has 0 bridgehead atoms. The summed E-state index contributed by atoms with van der Waals surface area (Å²) in [6, 6.07) is 7.33. The number of carbonyl (C=O) groups is 2. The highest BCUT2D eigenvalue weighted by Crippen LogP contribution is 2.27. The van der Waals surface area contributed by atoms with Crippen LogP contribution < -0.4 is 16.6 Å². The number of pyridine rings is 1. The number of aromatic nitrogens is 2. The Balaban J connectivity index is 1.83. The van der Waals surface area contributed by atoms with Crippen LogP contribution in [0.25, 0.3) is 22.0 Å². The van der Waals surface area contributed by atoms with Gasteiger partial charge in [0.15, 0.2) is 5.13 Å². The van der Waals surface area contributed by atoms with Gasteiger partial charge in [-0.15, -0.1) is 11.3 Å². The van der Waals surface area contributed by atoms with Crippen LogP contribution in [0, 0.1) is 0 Å². The van der Waals surface area contributed by atoms with E-state index in [-0.39, 0.29) is 12.2 Å². The third-order valence-electron chi connectivity index (χ3n) is 3.98. The van der Waals surface area contributed by atoms with Gasteiger partial charge in [0.1, 0.15) is 0 Å². The number of thiazole rings is 1. The van der Waals surface area contributed by atoms with Gasteiger partial charge in [0.2, 0.25) is 6.10 Å². The molecule has 146 valence electrons. The van der Waals surface area contributed by atoms with Gasteiger partial charge >= 0.3 is 6.09 Å². The molecule has 1 unspecified atom stereocenters. The molecule has 0 radical (unpaired) electrons. The molecule has 9 nitrogen and oxygen atoms in total. The molecule has 2 aromatic heterocycles. The number of nitrogens with one attached hydrogen (secondary N) is 1. The van der Waals surface area contributed by atoms with Crippen LogP contribution in [0.1, 0.15) is 0 Å². The molecule has 2 heterocycles. The van der Waals surface area contributed by atoms with Crippen molar-refractivity contribution in [1.29, 1.82) is 0 Å². The van der Waals surface area contributed by atoms with E-state index in [1.165, 1.54) is 23.0 Å². The summed E-state index contributed by atoms with van der Waals surface area (Å²) in [4.78, 5) is 39.8. The van der Waals surface area contributed by atoms with Gasteiger partial charge in [-0.2, -0.15) is 0 Å². The maximum atomic E-state index is 12.3. The molecule has 0 fully saturated rings. The van der Waals surface area contributed by atoms with E-state index >= 15 is 0 Å². The largest absolute Gasteiger partial charge is 0.434 e. The number of methoxy groups -OCH3 is 1. The second kappa shape index (κ2) is 8.19. The van der Waals surface area contributed by atoms with Crippen molar-refractivity contribution in [3.05, 3.63) is 46.2 Å². The number of ether oxygens (including phenoxy) is 2. The zero-order valence-electron chi connectivity index (χ0n) is 15.2. The average Bonchev–Trinajstić information content (AvgIpc) is 3.12. The van der Waals surface area contributed by atoms with E-state index in [0.717, 1.165) is 10.9 Å². The Hall–Kier alpha value is -3.24. The van der Waals surface area contributed by atoms with Gasteiger partial charge in [0.05, 0.1) is 12.3 Å². The third-order valence-corrected chi connectivity index (χ3v) is 4.74. The molecule has 3 aromatic rings. The highest BCUT2D eigenvalue weighted by Gasteiger charge is 2.23. The molecular formula is C18H18N4O5S. The molecule has 0 aliphatic carbocycles. The number of nitrogens with zero attached hydrogens (tertiary/aromatic N) is 2. The molecule has 3 N–H and O–H groups in total. The number of hydrogen-bond acceptors (Lipinski definition) is 7. The van der Waals surface area contributed by atoms with E-state index in [4.69, 9.17) is 15.2 Å². The SMILES string of the molecule is COCC(OC(N)=O)C(=O)Nc1nc(-c2ccc3ccn(C)c(=O)c3c2)cs1. The van der Waals surface area contributed by atoms with Crippen LogP contribution in [0.4, 0.5) is 9.93 Å². The summed E-state index contributed by atoms with van der Waals surface area (Å²) in [7, 11) is 3.06. The highest BCUT2D eigenvalue weighted by atomic mass is 32.1. The topological polar surface area (TPSA) is 126 Å². The molecule has 3 rings (SSSR count). The first-order valence-electron chi connectivity index (χ1n) is 8.20. The molecule has 1 atom stereocenters. The van der Waals surface area contributed by atoms with Gasteiger partial charge < -0.3 is 19.8 Å². The van der Waals surface area contributed by atoms with Crippen molar-refractivity contribution in [3.63, 3.8) is 0 Å². The number of anilines is 1. The van der Waals surface area contributed by atoms with Crippen molar-refractivity contribution in [2.75, 3.05) is 19.0 Å². The molecule has 0 spiro atoms. The average molecular weight is 402 g/mol. The van der Waals surface area contributed by atoms with Crippen LogP contribution in [-0.2, 0) is 21.3 Å². The predicted octanol–water partition coefficient (Wildman–Crippen LogP) is 1.71. The van der Waals surface area contributed by atoms with E-state index in [1.807, 2.05) is 18.2 Å². The number of carbonyl (C=O) groups excluding carboxylic acids is 2. The zero-order valence-corrected chi connectivity index (χ0v) is 16.0. The summed E-state index contributed by atoms with van der Waals surface area (Å²) >= 11 is 1.20. The van der Waals surface area contributed by atoms with Gasteiger partial charge in [0.25, 0.3) is 11.5 Å². The smallest absolute Gasteiger partial charge is 0.405 e. The molecule has 1 aromatic carbocycles. The third kappa shape index (κ3) is 4.18. The molecule has 28 heavy (non-hydrogen) atoms. The molecule has 0 aliphatic heterocycles. The fourth-order valence-electron chi connectivity index (χ4n) is 2.60. The lowest BCUT2D eigenvalue weighted by Crippen LogP contribution is -2.37. The van der Waals surface area contributed by atoms with Crippen LogP contribution in [0.5, 0.6) is 0 Å². The Morgan fingerprint density at radius 2 is 2.14 bits per heavy atom. The van der Waals surface area contributed by atoms with E-state index in [2.05, 4.69) is 10.3 Å². The fourth-order valence-corrected chi connectivity index (χ4v) is 3.32. The molecule has 10 heteroatoms. The van der Waals surface area contributed by atoms with Crippen molar-refractivity contribution in [3.8, 4) is 11.3 Å². The number of fused-ring (bicyclic) bond motifs is 1. The van der Waals surface area contributed by atoms with Crippen molar-refractivity contribution in [2.24, 2.45) is 12.8 Å². The summed E-state index contributed by atoms with van der Waals surface area (Å²) in [6.07, 6.45) is -0.542. The Bertz CT molecular complexity index is 1090. The number of aryl methyl sites for hydroxylation is 1. The molecule has 0 saturated carbocycles. The number of benzene rings is 1. The Morgan fingerprint density at radius 3 is 2.86 bits per heavy atom. The van der Waals surface area contributed by atoms with Crippen molar-refractivity contribution in [1.82, 2.24) is 9.55 Å². The van der Waals surface area contributed by atoms with E-state index in [0.29, 0.717) is 16.2 Å². The van der Waals surface area contributed by atoms with Gasteiger partial charge in [0, 0.05) is 36.7 Å². The second-order valence-corrected chi connectivity index (χ2v) is 6.80. The van der Waals surface area contributed by atoms with Gasteiger partial charge in [-0.25, -0.2) is 9.78 Å². The van der Waals surface area contributed by atoms with Crippen LogP contribution in [0.2, 0.25) is 0 Å². The summed E-state index contributed by atoms with van der Waals surface area (Å²) in [5.74, 6) is -0.603. The summed E-state index contributed by atoms with van der Waals surface area (Å²) in [5, 5.41) is 6.05. The lowest BCUT2D eigenvalue weighted by atomic mass is 10.1. The monoisotopic (exact) mass is 402 g/mol. The molecule has 0 saturated heterocycles. The van der Waals surface area contributed by atoms with E-state index in [1.54, 1.807) is 24.7 Å². The lowest BCUT2D eigenvalue weighted by molar-refractivity contribution is -0.126. The lowest BCUT2D eigenvalue weighted by Gasteiger charge is -2.14. The Labute approximate surface area is 163 Å². The number of nitrogens with two attached hydrogens (primary N) is 1. The normalized spacial score (nSPS) is 11.9. The number of hydrogen-bond donors (Lipinski definition) is 2. The minimum absolute atomic E-state index is 0.103. The van der Waals surface area contributed by atoms with Crippen molar-refractivity contribution < 1.29 is 19.1 Å². The predicted molar refractivity (Wildman–Crippen MR) is 105 cm³/mol. The number of rotatable bonds is 6. The van der Waals surface area contributed by atoms with Gasteiger partial charge in [-0.05, 0) is 17.5 Å². The first-order valence-corrected chi connectivity index (χ1v) is 9.08. The van der Waals surface area contributed by atoms with Gasteiger partial charge in [-0.3, -0.25) is 14.9 Å². The molecular weight excluding hydrogens is 384 g/mol. The van der Waals surface area contributed by atoms with Crippen LogP contribution >= 0.6 is 11.3 Å². The minimum atomic E-state index is -1.18. The van der Waals surface area contributed by atoms with E-state index in [9.17, 15) is 14.4 Å². The first kappa shape index (κ1) is 19.5. The maximum Gasteiger partial charge on any atom is 0.405 e. The summed E-state index contributed by atoms with van der Waals surface area (Å²) in [6.45, 7) is -0.138. The Kier molecular flexibility index (Phi) is 5.71. The van der Waals surface area contributed by atoms with Crippen molar-refractivity contribution in [2.45, 2.75) is 6.10 Å².